The van der Waals surface area contributed by atoms with E-state index in [1.54, 1.807) is 12.1 Å². The van der Waals surface area contributed by atoms with Crippen molar-refractivity contribution in [1.82, 2.24) is 15.0 Å². The van der Waals surface area contributed by atoms with Crippen LogP contribution in [0.4, 0.5) is 10.3 Å². The summed E-state index contributed by atoms with van der Waals surface area (Å²) in [7, 11) is 1.49. The third-order valence-electron chi connectivity index (χ3n) is 2.12. The van der Waals surface area contributed by atoms with E-state index in [0.29, 0.717) is 17.6 Å². The van der Waals surface area contributed by atoms with Crippen LogP contribution in [0.2, 0.25) is 0 Å². The molecule has 0 aliphatic rings. The van der Waals surface area contributed by atoms with Gasteiger partial charge in [0.25, 0.3) is 0 Å². The van der Waals surface area contributed by atoms with Crippen molar-refractivity contribution in [1.29, 1.82) is 0 Å². The molecule has 0 saturated carbocycles. The van der Waals surface area contributed by atoms with Gasteiger partial charge in [0.1, 0.15) is 5.82 Å². The zero-order valence-electron chi connectivity index (χ0n) is 10.6. The Balaban J connectivity index is 2.26. The summed E-state index contributed by atoms with van der Waals surface area (Å²) in [4.78, 5) is 13.1. The van der Waals surface area contributed by atoms with Crippen molar-refractivity contribution >= 4 is 17.7 Å². The highest BCUT2D eigenvalue weighted by molar-refractivity contribution is 7.99. The van der Waals surface area contributed by atoms with Crippen LogP contribution in [0.15, 0.2) is 34.3 Å². The van der Waals surface area contributed by atoms with Gasteiger partial charge in [0, 0.05) is 11.4 Å². The number of anilines is 1. The van der Waals surface area contributed by atoms with Crippen LogP contribution in [0.1, 0.15) is 6.92 Å². The molecule has 0 aliphatic heterocycles. The van der Waals surface area contributed by atoms with E-state index in [2.05, 4.69) is 20.3 Å². The van der Waals surface area contributed by atoms with Crippen LogP contribution in [-0.4, -0.2) is 28.6 Å². The molecule has 5 nitrogen and oxygen atoms in total. The summed E-state index contributed by atoms with van der Waals surface area (Å²) in [5, 5.41) is 3.44. The Bertz CT molecular complexity index is 567. The second kappa shape index (κ2) is 6.33. The molecule has 0 radical (unpaired) electrons. The van der Waals surface area contributed by atoms with Crippen molar-refractivity contribution in [3.8, 4) is 6.01 Å². The van der Waals surface area contributed by atoms with Crippen LogP contribution < -0.4 is 10.1 Å². The van der Waals surface area contributed by atoms with Gasteiger partial charge in [-0.05, 0) is 36.9 Å². The minimum atomic E-state index is -0.294. The average Bonchev–Trinajstić information content (AvgIpc) is 2.39. The molecule has 0 unspecified atom stereocenters. The van der Waals surface area contributed by atoms with Gasteiger partial charge in [-0.2, -0.15) is 15.0 Å². The Morgan fingerprint density at radius 1 is 1.32 bits per heavy atom. The molecule has 1 aromatic carbocycles. The van der Waals surface area contributed by atoms with E-state index < -0.39 is 0 Å². The fourth-order valence-electron chi connectivity index (χ4n) is 1.35. The van der Waals surface area contributed by atoms with Crippen molar-refractivity contribution in [2.45, 2.75) is 17.0 Å². The minimum Gasteiger partial charge on any atom is -0.467 e. The molecular weight excluding hydrogens is 267 g/mol. The largest absolute Gasteiger partial charge is 0.467 e. The zero-order chi connectivity index (χ0) is 13.7. The standard InChI is InChI=1S/C12H13FN4OS/c1-3-14-10-15-11(18-2)17-12(16-10)19-9-6-4-5-8(13)7-9/h4-7H,3H2,1-2H3,(H,14,15,16,17). The molecule has 19 heavy (non-hydrogen) atoms. The predicted octanol–water partition coefficient (Wildman–Crippen LogP) is 2.60. The normalized spacial score (nSPS) is 10.3. The first-order valence-electron chi connectivity index (χ1n) is 5.68. The lowest BCUT2D eigenvalue weighted by molar-refractivity contribution is 0.373. The molecule has 0 aliphatic carbocycles. The van der Waals surface area contributed by atoms with Crippen molar-refractivity contribution in [2.24, 2.45) is 0 Å². The van der Waals surface area contributed by atoms with Crippen LogP contribution in [-0.2, 0) is 0 Å². The van der Waals surface area contributed by atoms with E-state index in [1.165, 1.54) is 31.0 Å². The van der Waals surface area contributed by atoms with Gasteiger partial charge in [-0.25, -0.2) is 4.39 Å². The molecule has 7 heteroatoms. The highest BCUT2D eigenvalue weighted by atomic mass is 32.2. The summed E-state index contributed by atoms with van der Waals surface area (Å²) >= 11 is 1.25. The quantitative estimate of drug-likeness (QED) is 0.908. The molecule has 0 spiro atoms. The number of ether oxygens (including phenoxy) is 1. The maximum Gasteiger partial charge on any atom is 0.321 e. The van der Waals surface area contributed by atoms with Gasteiger partial charge in [-0.3, -0.25) is 0 Å². The average molecular weight is 280 g/mol. The highest BCUT2D eigenvalue weighted by Gasteiger charge is 2.08. The summed E-state index contributed by atoms with van der Waals surface area (Å²) in [5.41, 5.74) is 0. The first-order valence-corrected chi connectivity index (χ1v) is 6.50. The number of hydrogen-bond donors (Lipinski definition) is 1. The number of benzene rings is 1. The van der Waals surface area contributed by atoms with E-state index in [-0.39, 0.29) is 11.8 Å². The molecule has 1 N–H and O–H groups in total. The maximum atomic E-state index is 13.1. The number of nitrogens with one attached hydrogen (secondary N) is 1. The monoisotopic (exact) mass is 280 g/mol. The predicted molar refractivity (Wildman–Crippen MR) is 71.1 cm³/mol. The first kappa shape index (κ1) is 13.5. The lowest BCUT2D eigenvalue weighted by Gasteiger charge is -2.06. The van der Waals surface area contributed by atoms with Gasteiger partial charge in [0.2, 0.25) is 11.1 Å². The highest BCUT2D eigenvalue weighted by Crippen LogP contribution is 2.26. The van der Waals surface area contributed by atoms with Gasteiger partial charge in [-0.1, -0.05) is 6.07 Å². The van der Waals surface area contributed by atoms with Gasteiger partial charge in [0.05, 0.1) is 7.11 Å². The molecule has 100 valence electrons. The molecule has 2 rings (SSSR count). The molecule has 0 bridgehead atoms. The molecule has 0 amide bonds. The van der Waals surface area contributed by atoms with Crippen molar-refractivity contribution in [3.05, 3.63) is 30.1 Å². The Morgan fingerprint density at radius 3 is 2.84 bits per heavy atom. The van der Waals surface area contributed by atoms with Crippen LogP contribution in [0.3, 0.4) is 0 Å². The lowest BCUT2D eigenvalue weighted by atomic mass is 10.4. The second-order valence-corrected chi connectivity index (χ2v) is 4.56. The molecular formula is C12H13FN4OS. The zero-order valence-corrected chi connectivity index (χ0v) is 11.4. The number of nitrogens with zero attached hydrogens (tertiary/aromatic N) is 3. The second-order valence-electron chi connectivity index (χ2n) is 3.52. The van der Waals surface area contributed by atoms with Crippen LogP contribution in [0.25, 0.3) is 0 Å². The van der Waals surface area contributed by atoms with Crippen LogP contribution >= 0.6 is 11.8 Å². The van der Waals surface area contributed by atoms with E-state index in [1.807, 2.05) is 6.92 Å². The lowest BCUT2D eigenvalue weighted by Crippen LogP contribution is -2.05. The van der Waals surface area contributed by atoms with E-state index in [4.69, 9.17) is 4.74 Å². The van der Waals surface area contributed by atoms with E-state index in [0.717, 1.165) is 4.90 Å². The Labute approximate surface area is 114 Å². The number of hydrogen-bond acceptors (Lipinski definition) is 6. The summed E-state index contributed by atoms with van der Waals surface area (Å²) in [6.07, 6.45) is 0. The molecule has 0 fully saturated rings. The molecule has 0 saturated heterocycles. The Hall–Kier alpha value is -1.89. The van der Waals surface area contributed by atoms with Gasteiger partial charge in [-0.15, -0.1) is 0 Å². The van der Waals surface area contributed by atoms with E-state index >= 15 is 0 Å². The molecule has 0 atom stereocenters. The summed E-state index contributed by atoms with van der Waals surface area (Å²) in [6, 6.07) is 6.47. The number of methoxy groups -OCH3 is 1. The summed E-state index contributed by atoms with van der Waals surface area (Å²) in [5.74, 6) is 0.145. The van der Waals surface area contributed by atoms with Crippen molar-refractivity contribution in [3.63, 3.8) is 0 Å². The number of rotatable bonds is 5. The van der Waals surface area contributed by atoms with Crippen molar-refractivity contribution in [2.75, 3.05) is 19.0 Å². The SMILES string of the molecule is CCNc1nc(OC)nc(Sc2cccc(F)c2)n1. The minimum absolute atomic E-state index is 0.227. The number of aromatic nitrogens is 3. The maximum absolute atomic E-state index is 13.1. The van der Waals surface area contributed by atoms with Gasteiger partial charge in [0.15, 0.2) is 0 Å². The number of halogens is 1. The van der Waals surface area contributed by atoms with E-state index in [9.17, 15) is 4.39 Å². The summed E-state index contributed by atoms with van der Waals surface area (Å²) in [6.45, 7) is 2.63. The topological polar surface area (TPSA) is 59.9 Å². The van der Waals surface area contributed by atoms with Crippen LogP contribution in [0.5, 0.6) is 6.01 Å². The molecule has 1 heterocycles. The Kier molecular flexibility index (Phi) is 4.51. The first-order chi connectivity index (χ1) is 9.21. The summed E-state index contributed by atoms with van der Waals surface area (Å²) < 4.78 is 18.1. The fourth-order valence-corrected chi connectivity index (χ4v) is 2.13. The van der Waals surface area contributed by atoms with Gasteiger partial charge < -0.3 is 10.1 Å². The molecule has 1 aromatic heterocycles. The third kappa shape index (κ3) is 3.78. The van der Waals surface area contributed by atoms with Gasteiger partial charge >= 0.3 is 6.01 Å². The fraction of sp³-hybridized carbons (Fsp3) is 0.250. The van der Waals surface area contributed by atoms with Crippen LogP contribution in [0, 0.1) is 5.82 Å². The molecule has 2 aromatic rings. The third-order valence-corrected chi connectivity index (χ3v) is 2.97. The Morgan fingerprint density at radius 2 is 2.16 bits per heavy atom. The van der Waals surface area contributed by atoms with Crippen molar-refractivity contribution < 1.29 is 9.13 Å². The smallest absolute Gasteiger partial charge is 0.321 e.